The van der Waals surface area contributed by atoms with Crippen LogP contribution in [0.5, 0.6) is 0 Å². The van der Waals surface area contributed by atoms with Gasteiger partial charge in [-0.2, -0.15) is 50.0 Å². The van der Waals surface area contributed by atoms with Crippen LogP contribution in [0, 0.1) is 22.7 Å². The Morgan fingerprint density at radius 3 is 1.01 bits per heavy atom. The lowest BCUT2D eigenvalue weighted by molar-refractivity contribution is -0.259. The molecule has 6 aliphatic carbocycles. The van der Waals surface area contributed by atoms with E-state index in [-0.39, 0.29) is 76.2 Å². The van der Waals surface area contributed by atoms with Gasteiger partial charge in [0, 0.05) is 70.2 Å². The van der Waals surface area contributed by atoms with Crippen molar-refractivity contribution in [2.75, 3.05) is 0 Å². The fraction of sp³-hybridized carbons (Fsp3) is 0.486. The Bertz CT molecular complexity index is 3880. The number of nitrogens with zero attached hydrogens (tertiary/aromatic N) is 7. The Kier molecular flexibility index (Phi) is 21.1. The molecule has 0 spiro atoms. The first-order chi connectivity index (χ1) is 46.6. The molecule has 3 heterocycles. The number of hydrogen-bond acceptors (Lipinski definition) is 12. The number of alkyl halides is 9. The zero-order chi connectivity index (χ0) is 71.7. The second kappa shape index (κ2) is 28.4. The van der Waals surface area contributed by atoms with Crippen LogP contribution in [0.2, 0.25) is 0 Å². The van der Waals surface area contributed by atoms with Gasteiger partial charge in [-0.15, -0.1) is 11.3 Å². The van der Waals surface area contributed by atoms with E-state index in [2.05, 4.69) is 22.1 Å². The standard InChI is InChI=1S/C25H28F3N3O3.C25H26F3N3O2.C24H25F3N2O2S/c1-23(34,25(26,27)28)17-7-5-16(6-8-17)21(32)31(18-9-10-18)19-11-13-24(14-12-19,22(29)33)20-4-2-3-15-30-20;1-23(33,25(26,27)28)18-7-5-17(6-8-18)22(32)31(19-9-10-19)20-11-13-24(16-29,14-12-20)21-4-2-3-15-30-21;1-22(31,24(25,26)27)17-6-4-16(5-7-17)21(30)29(18-8-9-18)19-10-12-23(15-28,13-11-19)20-3-2-14-32-20/h2-8,15,18-19,34H,9-14H2,1H3,(H2,29,33);2-8,15,19-20,33H,9-14H2,1H3;2-7,14,18-19,31H,8-13H2,1H3/t19?,23-,24?;20?,23-,24?;19?,22-,23?/m000/s1. The minimum absolute atomic E-state index is 0.00870. The Morgan fingerprint density at radius 1 is 0.444 bits per heavy atom. The van der Waals surface area contributed by atoms with E-state index in [1.54, 1.807) is 35.9 Å². The molecule has 3 aromatic carbocycles. The summed E-state index contributed by atoms with van der Waals surface area (Å²) in [5.74, 6) is -1.10. The monoisotopic (exact) mass is 1390 g/mol. The van der Waals surface area contributed by atoms with Gasteiger partial charge in [-0.3, -0.25) is 29.1 Å². The number of primary amides is 1. The number of carbonyl (C=O) groups excluding carboxylic acids is 4. The molecule has 0 saturated heterocycles. The number of nitriles is 2. The average Bonchev–Trinajstić information content (AvgIpc) is 1.72. The number of amides is 4. The summed E-state index contributed by atoms with van der Waals surface area (Å²) in [6.07, 6.45) is 1.58. The molecule has 25 heteroatoms. The van der Waals surface area contributed by atoms with Crippen LogP contribution in [-0.2, 0) is 37.8 Å². The maximum atomic E-state index is 13.4. The van der Waals surface area contributed by atoms with Gasteiger partial charge in [-0.25, -0.2) is 0 Å². The Balaban J connectivity index is 0.000000161. The highest BCUT2D eigenvalue weighted by Gasteiger charge is 2.55. The number of benzene rings is 3. The van der Waals surface area contributed by atoms with Crippen LogP contribution < -0.4 is 5.73 Å². The van der Waals surface area contributed by atoms with E-state index in [1.807, 2.05) is 56.5 Å². The van der Waals surface area contributed by atoms with Gasteiger partial charge >= 0.3 is 18.5 Å². The molecular formula is C74H79F9N8O7S. The first-order valence-corrected chi connectivity index (χ1v) is 34.2. The third kappa shape index (κ3) is 15.3. The summed E-state index contributed by atoms with van der Waals surface area (Å²) in [4.78, 5) is 67.9. The summed E-state index contributed by atoms with van der Waals surface area (Å²) in [7, 11) is 0. The van der Waals surface area contributed by atoms with Crippen molar-refractivity contribution < 1.29 is 74.0 Å². The molecule has 0 unspecified atom stereocenters. The van der Waals surface area contributed by atoms with E-state index in [0.29, 0.717) is 115 Å². The molecule has 15 nitrogen and oxygen atoms in total. The zero-order valence-electron chi connectivity index (χ0n) is 55.0. The van der Waals surface area contributed by atoms with Crippen molar-refractivity contribution in [1.29, 1.82) is 10.5 Å². The SMILES string of the molecule is C[C@](O)(c1ccc(C(=O)N(C2CC2)C2CCC(C#N)(c3ccccn3)CC2)cc1)C(F)(F)F.C[C@](O)(c1ccc(C(=O)N(C2CC2)C2CCC(C#N)(c3cccs3)CC2)cc1)C(F)(F)F.C[C@](O)(c1ccc(C(=O)N(C2CC2)C2CCC(C(N)=O)(c3ccccn3)CC2)cc1)C(F)(F)F. The Morgan fingerprint density at radius 2 is 0.747 bits per heavy atom. The second-order valence-corrected chi connectivity index (χ2v) is 28.7. The minimum Gasteiger partial charge on any atom is -0.376 e. The number of rotatable bonds is 16. The third-order valence-corrected chi connectivity index (χ3v) is 22.1. The predicted molar refractivity (Wildman–Crippen MR) is 349 cm³/mol. The summed E-state index contributed by atoms with van der Waals surface area (Å²) in [5, 5.41) is 51.4. The van der Waals surface area contributed by atoms with Gasteiger partial charge in [0.1, 0.15) is 0 Å². The van der Waals surface area contributed by atoms with E-state index in [0.717, 1.165) is 73.4 Å². The molecule has 4 amide bonds. The number of carbonyl (C=O) groups is 4. The lowest BCUT2D eigenvalue weighted by Gasteiger charge is -2.42. The van der Waals surface area contributed by atoms with Gasteiger partial charge in [0.05, 0.1) is 39.8 Å². The predicted octanol–water partition coefficient (Wildman–Crippen LogP) is 14.2. The highest BCUT2D eigenvalue weighted by molar-refractivity contribution is 7.10. The average molecular weight is 1400 g/mol. The number of aliphatic hydroxyl groups is 3. The van der Waals surface area contributed by atoms with Crippen LogP contribution in [0.3, 0.4) is 0 Å². The van der Waals surface area contributed by atoms with Crippen LogP contribution >= 0.6 is 11.3 Å². The van der Waals surface area contributed by atoms with Crippen molar-refractivity contribution >= 4 is 35.0 Å². The van der Waals surface area contributed by atoms with Crippen LogP contribution in [0.15, 0.2) is 139 Å². The Labute approximate surface area is 572 Å². The minimum atomic E-state index is -4.83. The smallest absolute Gasteiger partial charge is 0.376 e. The summed E-state index contributed by atoms with van der Waals surface area (Å²) < 4.78 is 118. The molecule has 6 aliphatic rings. The number of aromatic nitrogens is 2. The summed E-state index contributed by atoms with van der Waals surface area (Å²) in [6, 6.07) is 35.1. The highest BCUT2D eigenvalue weighted by Crippen LogP contribution is 2.49. The molecule has 526 valence electrons. The fourth-order valence-corrected chi connectivity index (χ4v) is 15.1. The van der Waals surface area contributed by atoms with E-state index in [1.165, 1.54) is 48.5 Å². The zero-order valence-corrected chi connectivity index (χ0v) is 55.8. The first-order valence-electron chi connectivity index (χ1n) is 33.3. The van der Waals surface area contributed by atoms with Gasteiger partial charge in [0.2, 0.25) is 5.91 Å². The van der Waals surface area contributed by atoms with Crippen molar-refractivity contribution in [2.45, 2.75) is 224 Å². The van der Waals surface area contributed by atoms with E-state index < -0.39 is 57.5 Å². The van der Waals surface area contributed by atoms with Crippen molar-refractivity contribution in [3.8, 4) is 12.1 Å². The number of hydrogen-bond donors (Lipinski definition) is 4. The van der Waals surface area contributed by atoms with Gasteiger partial charge in [-0.1, -0.05) is 54.6 Å². The quantitative estimate of drug-likeness (QED) is 0.0665. The lowest BCUT2D eigenvalue weighted by Crippen LogP contribution is -2.50. The van der Waals surface area contributed by atoms with Gasteiger partial charge in [0.25, 0.3) is 17.7 Å². The highest BCUT2D eigenvalue weighted by atomic mass is 32.1. The maximum absolute atomic E-state index is 13.4. The van der Waals surface area contributed by atoms with Crippen molar-refractivity contribution in [1.82, 2.24) is 24.7 Å². The molecule has 6 aromatic rings. The van der Waals surface area contributed by atoms with Crippen LogP contribution in [0.1, 0.15) is 200 Å². The molecule has 5 N–H and O–H groups in total. The molecule has 12 rings (SSSR count). The summed E-state index contributed by atoms with van der Waals surface area (Å²) in [6.45, 7) is 2.09. The van der Waals surface area contributed by atoms with Crippen LogP contribution in [0.4, 0.5) is 39.5 Å². The van der Waals surface area contributed by atoms with E-state index in [4.69, 9.17) is 5.73 Å². The molecule has 6 saturated carbocycles. The molecule has 6 fully saturated rings. The summed E-state index contributed by atoms with van der Waals surface area (Å²) in [5.41, 5.74) is -3.88. The molecular weight excluding hydrogens is 1320 g/mol. The number of pyridine rings is 2. The number of halogens is 9. The van der Waals surface area contributed by atoms with Crippen molar-refractivity contribution in [3.63, 3.8) is 0 Å². The molecule has 3 aromatic heterocycles. The number of thiophene rings is 1. The van der Waals surface area contributed by atoms with Crippen LogP contribution in [-0.4, -0.2) is 118 Å². The lowest BCUT2D eigenvalue weighted by atomic mass is 9.69. The maximum Gasteiger partial charge on any atom is 0.421 e. The van der Waals surface area contributed by atoms with Gasteiger partial charge in [-0.05, 0) is 225 Å². The van der Waals surface area contributed by atoms with Crippen molar-refractivity contribution in [2.24, 2.45) is 5.73 Å². The van der Waals surface area contributed by atoms with E-state index >= 15 is 0 Å². The topological polar surface area (TPSA) is 238 Å². The van der Waals surface area contributed by atoms with Gasteiger partial charge < -0.3 is 35.8 Å². The van der Waals surface area contributed by atoms with E-state index in [9.17, 15) is 84.5 Å². The van der Waals surface area contributed by atoms with Gasteiger partial charge in [0.15, 0.2) is 16.8 Å². The molecule has 0 bridgehead atoms. The largest absolute Gasteiger partial charge is 0.421 e. The third-order valence-electron chi connectivity index (χ3n) is 21.1. The van der Waals surface area contributed by atoms with Crippen LogP contribution in [0.25, 0.3) is 0 Å². The summed E-state index contributed by atoms with van der Waals surface area (Å²) >= 11 is 1.59. The molecule has 0 radical (unpaired) electrons. The first kappa shape index (κ1) is 73.5. The normalized spacial score (nSPS) is 25.1. The fourth-order valence-electron chi connectivity index (χ4n) is 14.1. The Hall–Kier alpha value is -8.23. The second-order valence-electron chi connectivity index (χ2n) is 27.7. The van der Waals surface area contributed by atoms with Crippen molar-refractivity contribution in [3.05, 3.63) is 189 Å². The number of nitrogens with two attached hydrogens (primary N) is 1. The molecule has 99 heavy (non-hydrogen) atoms. The molecule has 3 atom stereocenters. The molecule has 0 aliphatic heterocycles.